The van der Waals surface area contributed by atoms with Gasteiger partial charge >= 0.3 is 0 Å². The zero-order chi connectivity index (χ0) is 21.0. The number of nitrogens with zero attached hydrogens (tertiary/aromatic N) is 4. The van der Waals surface area contributed by atoms with Gasteiger partial charge in [-0.3, -0.25) is 14.5 Å². The first-order valence-corrected chi connectivity index (χ1v) is 9.52. The summed E-state index contributed by atoms with van der Waals surface area (Å²) in [5.41, 5.74) is 1.24. The number of hydrogen-bond acceptors (Lipinski definition) is 6. The highest BCUT2D eigenvalue weighted by Gasteiger charge is 2.18. The second-order valence-electron chi connectivity index (χ2n) is 7.32. The van der Waals surface area contributed by atoms with Crippen molar-refractivity contribution in [2.75, 3.05) is 39.6 Å². The van der Waals surface area contributed by atoms with Crippen molar-refractivity contribution in [2.24, 2.45) is 0 Å². The van der Waals surface area contributed by atoms with Crippen LogP contribution in [0.25, 0.3) is 11.0 Å². The summed E-state index contributed by atoms with van der Waals surface area (Å²) >= 11 is 0. The van der Waals surface area contributed by atoms with Crippen LogP contribution in [-0.2, 0) is 11.3 Å². The van der Waals surface area contributed by atoms with Crippen LogP contribution in [0.1, 0.15) is 18.2 Å². The van der Waals surface area contributed by atoms with Crippen LogP contribution < -0.4 is 15.8 Å². The fraction of sp³-hybridized carbons (Fsp3) is 0.381. The van der Waals surface area contributed by atoms with Crippen molar-refractivity contribution < 1.29 is 9.21 Å². The van der Waals surface area contributed by atoms with Gasteiger partial charge in [0, 0.05) is 33.6 Å². The van der Waals surface area contributed by atoms with Crippen molar-refractivity contribution in [3.05, 3.63) is 58.8 Å². The number of aryl methyl sites for hydroxylation is 1. The number of benzene rings is 1. The predicted molar refractivity (Wildman–Crippen MR) is 113 cm³/mol. The number of nitrogens with one attached hydrogen (secondary N) is 1. The van der Waals surface area contributed by atoms with Crippen LogP contribution in [0.4, 0.5) is 5.82 Å². The number of likely N-dealkylation sites (N-methyl/N-ethyl adjacent to an activating group) is 1. The van der Waals surface area contributed by atoms with Crippen LogP contribution in [0.15, 0.2) is 51.9 Å². The average molecular weight is 397 g/mol. The van der Waals surface area contributed by atoms with Gasteiger partial charge in [0.05, 0.1) is 23.3 Å². The first-order valence-electron chi connectivity index (χ1n) is 9.52. The summed E-state index contributed by atoms with van der Waals surface area (Å²) in [5, 5.41) is 2.95. The third-order valence-corrected chi connectivity index (χ3v) is 4.81. The van der Waals surface area contributed by atoms with Gasteiger partial charge in [0.15, 0.2) is 5.82 Å². The molecule has 1 aromatic carbocycles. The number of para-hydroxylation sites is 2. The lowest BCUT2D eigenvalue weighted by molar-refractivity contribution is -0.121. The molecule has 8 heteroatoms. The van der Waals surface area contributed by atoms with E-state index in [2.05, 4.69) is 10.3 Å². The van der Waals surface area contributed by atoms with Gasteiger partial charge in [0.1, 0.15) is 5.76 Å². The van der Waals surface area contributed by atoms with Gasteiger partial charge in [0.25, 0.3) is 5.56 Å². The standard InChI is InChI=1S/C21H27N5O3/c1-24(2)17(18-10-7-13-29-18)14-22-19(27)11-12-26-16-9-6-5-8-15(16)23-20(21(26)28)25(3)4/h5-10,13,17H,11-12,14H2,1-4H3,(H,22,27). The van der Waals surface area contributed by atoms with E-state index in [-0.39, 0.29) is 30.5 Å². The lowest BCUT2D eigenvalue weighted by atomic mass is 10.2. The molecule has 0 saturated heterocycles. The molecule has 0 aliphatic carbocycles. The van der Waals surface area contributed by atoms with E-state index in [1.807, 2.05) is 55.4 Å². The number of rotatable bonds is 8. The number of amides is 1. The van der Waals surface area contributed by atoms with Crippen LogP contribution in [0, 0.1) is 0 Å². The molecular formula is C21H27N5O3. The van der Waals surface area contributed by atoms with Crippen molar-refractivity contribution in [3.63, 3.8) is 0 Å². The fourth-order valence-corrected chi connectivity index (χ4v) is 3.22. The average Bonchev–Trinajstić information content (AvgIpc) is 3.21. The van der Waals surface area contributed by atoms with Gasteiger partial charge < -0.3 is 19.2 Å². The Kier molecular flexibility index (Phi) is 6.33. The summed E-state index contributed by atoms with van der Waals surface area (Å²) in [6, 6.07) is 11.1. The van der Waals surface area contributed by atoms with Crippen LogP contribution >= 0.6 is 0 Å². The van der Waals surface area contributed by atoms with Crippen molar-refractivity contribution in [1.29, 1.82) is 0 Å². The van der Waals surface area contributed by atoms with E-state index in [0.29, 0.717) is 12.4 Å². The molecule has 1 atom stereocenters. The molecule has 0 bridgehead atoms. The van der Waals surface area contributed by atoms with Gasteiger partial charge in [-0.15, -0.1) is 0 Å². The highest BCUT2D eigenvalue weighted by molar-refractivity contribution is 5.78. The smallest absolute Gasteiger partial charge is 0.293 e. The molecular weight excluding hydrogens is 370 g/mol. The maximum absolute atomic E-state index is 12.9. The van der Waals surface area contributed by atoms with Gasteiger partial charge in [-0.2, -0.15) is 0 Å². The van der Waals surface area contributed by atoms with Gasteiger partial charge in [-0.1, -0.05) is 12.1 Å². The summed E-state index contributed by atoms with van der Waals surface area (Å²) in [6.07, 6.45) is 1.82. The van der Waals surface area contributed by atoms with E-state index >= 15 is 0 Å². The third kappa shape index (κ3) is 4.65. The number of aromatic nitrogens is 2. The number of fused-ring (bicyclic) bond motifs is 1. The minimum absolute atomic E-state index is 0.0567. The van der Waals surface area contributed by atoms with Crippen molar-refractivity contribution in [1.82, 2.24) is 19.8 Å². The minimum atomic E-state index is -0.205. The third-order valence-electron chi connectivity index (χ3n) is 4.81. The molecule has 0 radical (unpaired) electrons. The molecule has 0 aliphatic heterocycles. The summed E-state index contributed by atoms with van der Waals surface area (Å²) in [7, 11) is 7.44. The molecule has 3 rings (SSSR count). The highest BCUT2D eigenvalue weighted by Crippen LogP contribution is 2.18. The fourth-order valence-electron chi connectivity index (χ4n) is 3.22. The van der Waals surface area contributed by atoms with Crippen molar-refractivity contribution >= 4 is 22.8 Å². The van der Waals surface area contributed by atoms with E-state index in [1.54, 1.807) is 29.8 Å². The normalized spacial score (nSPS) is 12.3. The lowest BCUT2D eigenvalue weighted by Gasteiger charge is -2.22. The Morgan fingerprint density at radius 2 is 1.93 bits per heavy atom. The molecule has 29 heavy (non-hydrogen) atoms. The van der Waals surface area contributed by atoms with Gasteiger partial charge in [-0.25, -0.2) is 4.98 Å². The second kappa shape index (κ2) is 8.91. The molecule has 2 aromatic heterocycles. The molecule has 1 N–H and O–H groups in total. The number of anilines is 1. The van der Waals surface area contributed by atoms with E-state index in [4.69, 9.17) is 4.42 Å². The Hall–Kier alpha value is -3.13. The number of carbonyl (C=O) groups is 1. The quantitative estimate of drug-likeness (QED) is 0.625. The lowest BCUT2D eigenvalue weighted by Crippen LogP contribution is -2.35. The summed E-state index contributed by atoms with van der Waals surface area (Å²) < 4.78 is 7.09. The molecule has 1 amide bonds. The van der Waals surface area contributed by atoms with Crippen molar-refractivity contribution in [2.45, 2.75) is 19.0 Å². The zero-order valence-electron chi connectivity index (χ0n) is 17.3. The van der Waals surface area contributed by atoms with E-state index in [1.165, 1.54) is 0 Å². The highest BCUT2D eigenvalue weighted by atomic mass is 16.3. The summed E-state index contributed by atoms with van der Waals surface area (Å²) in [5.74, 6) is 1.03. The van der Waals surface area contributed by atoms with E-state index in [9.17, 15) is 9.59 Å². The molecule has 0 saturated carbocycles. The molecule has 0 aliphatic rings. The monoisotopic (exact) mass is 397 g/mol. The second-order valence-corrected chi connectivity index (χ2v) is 7.32. The number of furan rings is 1. The molecule has 1 unspecified atom stereocenters. The molecule has 154 valence electrons. The summed E-state index contributed by atoms with van der Waals surface area (Å²) in [4.78, 5) is 33.5. The van der Waals surface area contributed by atoms with Gasteiger partial charge in [-0.05, 0) is 38.4 Å². The van der Waals surface area contributed by atoms with Crippen LogP contribution in [0.2, 0.25) is 0 Å². The van der Waals surface area contributed by atoms with Gasteiger partial charge in [0.2, 0.25) is 5.91 Å². The van der Waals surface area contributed by atoms with Crippen molar-refractivity contribution in [3.8, 4) is 0 Å². The van der Waals surface area contributed by atoms with E-state index in [0.717, 1.165) is 16.8 Å². The Labute approximate surface area is 169 Å². The van der Waals surface area contributed by atoms with Crippen LogP contribution in [-0.4, -0.2) is 55.1 Å². The minimum Gasteiger partial charge on any atom is -0.468 e. The Bertz CT molecular complexity index is 1020. The molecule has 0 spiro atoms. The largest absolute Gasteiger partial charge is 0.468 e. The Morgan fingerprint density at radius 3 is 2.59 bits per heavy atom. The maximum atomic E-state index is 12.9. The Morgan fingerprint density at radius 1 is 1.17 bits per heavy atom. The topological polar surface area (TPSA) is 83.6 Å². The first kappa shape index (κ1) is 20.6. The molecule has 0 fully saturated rings. The SMILES string of the molecule is CN(C)c1nc2ccccc2n(CCC(=O)NCC(c2ccco2)N(C)C)c1=O. The van der Waals surface area contributed by atoms with E-state index < -0.39 is 0 Å². The molecule has 3 aromatic rings. The summed E-state index contributed by atoms with van der Waals surface area (Å²) in [6.45, 7) is 0.705. The molecule has 2 heterocycles. The maximum Gasteiger partial charge on any atom is 0.293 e. The molecule has 8 nitrogen and oxygen atoms in total. The zero-order valence-corrected chi connectivity index (χ0v) is 17.3. The Balaban J connectivity index is 1.72. The number of carbonyl (C=O) groups excluding carboxylic acids is 1. The first-order chi connectivity index (χ1) is 13.9. The number of hydrogen-bond donors (Lipinski definition) is 1. The van der Waals surface area contributed by atoms with Crippen LogP contribution in [0.5, 0.6) is 0 Å². The predicted octanol–water partition coefficient (Wildman–Crippen LogP) is 1.86. The van der Waals surface area contributed by atoms with Crippen LogP contribution in [0.3, 0.4) is 0 Å².